The summed E-state index contributed by atoms with van der Waals surface area (Å²) >= 11 is 0. The van der Waals surface area contributed by atoms with Crippen molar-refractivity contribution < 1.29 is 17.1 Å². The number of benzene rings is 4. The molecule has 0 saturated heterocycles. The third kappa shape index (κ3) is 9.37. The Balaban J connectivity index is 0.000000667. The second-order valence-corrected chi connectivity index (χ2v) is 15.8. The second kappa shape index (κ2) is 18.7. The Hall–Kier alpha value is -1.74. The van der Waals surface area contributed by atoms with Gasteiger partial charge in [0, 0.05) is 0 Å². The summed E-state index contributed by atoms with van der Waals surface area (Å²) < 4.78 is 0. The Bertz CT molecular complexity index is 1110. The van der Waals surface area contributed by atoms with E-state index in [1.54, 1.807) is 0 Å². The van der Waals surface area contributed by atoms with Gasteiger partial charge >= 0.3 is 17.1 Å². The predicted octanol–water partition coefficient (Wildman–Crippen LogP) is 9.66. The minimum atomic E-state index is -0.402. The fourth-order valence-corrected chi connectivity index (χ4v) is 12.8. The maximum Gasteiger partial charge on any atom is 2.00 e. The Kier molecular flexibility index (Phi) is 16.2. The van der Waals surface area contributed by atoms with E-state index in [0.29, 0.717) is 5.66 Å². The third-order valence-electron chi connectivity index (χ3n) is 8.28. The van der Waals surface area contributed by atoms with Crippen LogP contribution in [0.25, 0.3) is 0 Å². The summed E-state index contributed by atoms with van der Waals surface area (Å²) in [6.07, 6.45) is 11.5. The van der Waals surface area contributed by atoms with Gasteiger partial charge in [0.05, 0.1) is 0 Å². The fraction of sp³-hybridized carbons (Fsp3) is 0.316. The molecule has 41 heavy (non-hydrogen) atoms. The first-order valence-corrected chi connectivity index (χ1v) is 17.4. The first-order chi connectivity index (χ1) is 18.8. The van der Waals surface area contributed by atoms with E-state index in [2.05, 4.69) is 128 Å². The van der Waals surface area contributed by atoms with Crippen LogP contribution in [0.5, 0.6) is 0 Å². The quantitative estimate of drug-likeness (QED) is 0.109. The van der Waals surface area contributed by atoms with Gasteiger partial charge < -0.3 is 14.9 Å². The minimum Gasteiger partial charge on any atom is -0.358 e. The number of hydrogen-bond donors (Lipinski definition) is 0. The van der Waals surface area contributed by atoms with Crippen molar-refractivity contribution >= 4 is 37.1 Å². The van der Waals surface area contributed by atoms with Crippen molar-refractivity contribution in [1.82, 2.24) is 0 Å². The summed E-state index contributed by atoms with van der Waals surface area (Å²) in [6, 6.07) is 45.3. The molecule has 218 valence electrons. The zero-order chi connectivity index (χ0) is 26.0. The average molecular weight is 623 g/mol. The first-order valence-electron chi connectivity index (χ1n) is 14.6. The third-order valence-corrected chi connectivity index (χ3v) is 14.2. The second-order valence-electron chi connectivity index (χ2n) is 10.8. The SMILES string of the molecule is C1CCCC1.C[C@H](C1CCCC1P(c1ccccc1)c1ccccc1)P(c1ccccc1)c1ccccc1.[CH3-].[CH3-].[Fe+2]. The van der Waals surface area contributed by atoms with Crippen LogP contribution in [0, 0.1) is 20.8 Å². The van der Waals surface area contributed by atoms with E-state index in [1.807, 2.05) is 0 Å². The van der Waals surface area contributed by atoms with Gasteiger partial charge in [0.1, 0.15) is 0 Å². The van der Waals surface area contributed by atoms with Gasteiger partial charge in [0.25, 0.3) is 0 Å². The van der Waals surface area contributed by atoms with Crippen LogP contribution in [0.1, 0.15) is 58.3 Å². The van der Waals surface area contributed by atoms with Gasteiger partial charge in [-0.05, 0) is 67.1 Å². The van der Waals surface area contributed by atoms with E-state index < -0.39 is 7.92 Å². The molecule has 0 radical (unpaired) electrons. The summed E-state index contributed by atoms with van der Waals surface area (Å²) in [5.74, 6) is 0.739. The molecule has 0 bridgehead atoms. The molecule has 0 heterocycles. The van der Waals surface area contributed by atoms with Crippen molar-refractivity contribution in [2.45, 2.75) is 69.6 Å². The molecule has 4 aromatic carbocycles. The Labute approximate surface area is 264 Å². The molecule has 2 unspecified atom stereocenters. The van der Waals surface area contributed by atoms with Crippen molar-refractivity contribution in [1.29, 1.82) is 0 Å². The minimum absolute atomic E-state index is 0. The van der Waals surface area contributed by atoms with Gasteiger partial charge in [0.2, 0.25) is 0 Å². The van der Waals surface area contributed by atoms with E-state index >= 15 is 0 Å². The zero-order valence-corrected chi connectivity index (χ0v) is 28.1. The monoisotopic (exact) mass is 622 g/mol. The summed E-state index contributed by atoms with van der Waals surface area (Å²) in [5, 5.41) is 6.10. The Morgan fingerprint density at radius 3 is 1.20 bits per heavy atom. The molecule has 2 fully saturated rings. The normalized spacial score (nSPS) is 18.3. The van der Waals surface area contributed by atoms with Crippen LogP contribution in [0.15, 0.2) is 121 Å². The molecule has 6 rings (SSSR count). The van der Waals surface area contributed by atoms with E-state index in [9.17, 15) is 0 Å². The van der Waals surface area contributed by atoms with Gasteiger partial charge in [-0.3, -0.25) is 0 Å². The largest absolute Gasteiger partial charge is 2.00 e. The van der Waals surface area contributed by atoms with E-state index in [4.69, 9.17) is 0 Å². The van der Waals surface area contributed by atoms with E-state index in [1.165, 1.54) is 72.6 Å². The maximum absolute atomic E-state index is 2.55. The van der Waals surface area contributed by atoms with Crippen molar-refractivity contribution in [3.63, 3.8) is 0 Å². The molecule has 0 aliphatic heterocycles. The van der Waals surface area contributed by atoms with Crippen molar-refractivity contribution in [3.8, 4) is 0 Å². The molecule has 0 nitrogen and oxygen atoms in total. The first kappa shape index (κ1) is 35.5. The Morgan fingerprint density at radius 2 is 0.829 bits per heavy atom. The Morgan fingerprint density at radius 1 is 0.488 bits per heavy atom. The standard InChI is InChI=1S/C31H32P2.C5H10.2CH3.Fe/c1-25(32(26-15-6-2-7-16-26)27-17-8-3-9-18-27)30-23-14-24-31(30)33(28-19-10-4-11-20-28)29-21-12-5-13-22-29;1-2-4-5-3-1;;;/h2-13,15-22,25,30-31H,14,23-24H2,1H3;1-5H2;2*1H3;/q;;2*-1;+2/t25-,30?,31?;;;;/m1..../s1. The van der Waals surface area contributed by atoms with Gasteiger partial charge in [-0.15, -0.1) is 0 Å². The van der Waals surface area contributed by atoms with Gasteiger partial charge in [-0.25, -0.2) is 0 Å². The molecule has 3 heteroatoms. The number of hydrogen-bond acceptors (Lipinski definition) is 0. The van der Waals surface area contributed by atoms with Crippen molar-refractivity contribution in [2.24, 2.45) is 5.92 Å². The van der Waals surface area contributed by atoms with Crippen LogP contribution in [0.3, 0.4) is 0 Å². The van der Waals surface area contributed by atoms with Crippen LogP contribution in [-0.2, 0) is 17.1 Å². The van der Waals surface area contributed by atoms with Crippen molar-refractivity contribution in [3.05, 3.63) is 136 Å². The fourth-order valence-electron chi connectivity index (χ4n) is 6.43. The summed E-state index contributed by atoms with van der Waals surface area (Å²) in [5.41, 5.74) is 1.38. The molecule has 3 atom stereocenters. The van der Waals surface area contributed by atoms with Gasteiger partial charge in [-0.2, -0.15) is 0 Å². The molecule has 4 aromatic rings. The molecule has 2 saturated carbocycles. The predicted molar refractivity (Wildman–Crippen MR) is 185 cm³/mol. The summed E-state index contributed by atoms with van der Waals surface area (Å²) in [4.78, 5) is 0. The molecule has 0 spiro atoms. The topological polar surface area (TPSA) is 0 Å². The molecule has 2 aliphatic carbocycles. The van der Waals surface area contributed by atoms with Crippen LogP contribution in [0.4, 0.5) is 0 Å². The van der Waals surface area contributed by atoms with Gasteiger partial charge in [-0.1, -0.05) is 167 Å². The molecule has 0 aromatic heterocycles. The van der Waals surface area contributed by atoms with Crippen LogP contribution < -0.4 is 21.2 Å². The summed E-state index contributed by atoms with van der Waals surface area (Å²) in [6.45, 7) is 2.55. The van der Waals surface area contributed by atoms with Crippen LogP contribution in [0.2, 0.25) is 0 Å². The van der Waals surface area contributed by atoms with E-state index in [0.717, 1.165) is 11.6 Å². The van der Waals surface area contributed by atoms with Crippen LogP contribution >= 0.6 is 15.8 Å². The molecule has 2 aliphatic rings. The molecule has 0 amide bonds. The van der Waals surface area contributed by atoms with Crippen LogP contribution in [-0.4, -0.2) is 11.3 Å². The van der Waals surface area contributed by atoms with Crippen molar-refractivity contribution in [2.75, 3.05) is 0 Å². The van der Waals surface area contributed by atoms with Gasteiger partial charge in [0.15, 0.2) is 0 Å². The van der Waals surface area contributed by atoms with E-state index in [-0.39, 0.29) is 39.8 Å². The summed E-state index contributed by atoms with van der Waals surface area (Å²) in [7, 11) is -0.778. The average Bonchev–Trinajstić information content (AvgIpc) is 3.72. The molecular formula is C38H48FeP2. The zero-order valence-electron chi connectivity index (χ0n) is 25.2. The molecular weight excluding hydrogens is 574 g/mol. The number of rotatable bonds is 7. The maximum atomic E-state index is 2.55. The smallest absolute Gasteiger partial charge is 0.358 e. The molecule has 0 N–H and O–H groups in total.